The van der Waals surface area contributed by atoms with Crippen molar-refractivity contribution in [1.29, 1.82) is 5.26 Å². The number of ether oxygens (including phenoxy) is 1. The summed E-state index contributed by atoms with van der Waals surface area (Å²) in [6.07, 6.45) is 2.68. The normalized spacial score (nSPS) is 11.6. The molecule has 1 aromatic carbocycles. The maximum absolute atomic E-state index is 8.67. The van der Waals surface area contributed by atoms with E-state index in [2.05, 4.69) is 31.0 Å². The van der Waals surface area contributed by atoms with Gasteiger partial charge in [0.05, 0.1) is 6.20 Å². The molecule has 1 aromatic heterocycles. The minimum Gasteiger partial charge on any atom is -0.456 e. The summed E-state index contributed by atoms with van der Waals surface area (Å²) in [5.74, 6) is 1.97. The van der Waals surface area contributed by atoms with Crippen LogP contribution in [0.2, 0.25) is 0 Å². The van der Waals surface area contributed by atoms with Crippen molar-refractivity contribution < 1.29 is 4.74 Å². The minimum absolute atomic E-state index is 0.388. The van der Waals surface area contributed by atoms with E-state index in [1.165, 1.54) is 5.56 Å². The van der Waals surface area contributed by atoms with Gasteiger partial charge in [0.1, 0.15) is 23.3 Å². The molecule has 0 spiro atoms. The highest BCUT2D eigenvalue weighted by atomic mass is 16.5. The summed E-state index contributed by atoms with van der Waals surface area (Å²) < 4.78 is 5.67. The summed E-state index contributed by atoms with van der Waals surface area (Å²) in [5, 5.41) is 8.67. The summed E-state index contributed by atoms with van der Waals surface area (Å²) >= 11 is 0. The van der Waals surface area contributed by atoms with Crippen LogP contribution in [0, 0.1) is 11.3 Å². The first-order valence-corrected chi connectivity index (χ1v) is 6.37. The van der Waals surface area contributed by atoms with Crippen molar-refractivity contribution in [2.75, 3.05) is 0 Å². The Labute approximate surface area is 113 Å². The van der Waals surface area contributed by atoms with Gasteiger partial charge in [-0.1, -0.05) is 26.0 Å². The number of aromatic nitrogens is 1. The highest BCUT2D eigenvalue weighted by molar-refractivity contribution is 5.34. The van der Waals surface area contributed by atoms with E-state index in [9.17, 15) is 0 Å². The average Bonchev–Trinajstić information content (AvgIpc) is 2.48. The Morgan fingerprint density at radius 1 is 1.16 bits per heavy atom. The predicted molar refractivity (Wildman–Crippen MR) is 74.2 cm³/mol. The molecule has 2 rings (SSSR count). The van der Waals surface area contributed by atoms with E-state index in [1.807, 2.05) is 18.2 Å². The Bertz CT molecular complexity index is 567. The second-order valence-electron chi connectivity index (χ2n) is 4.47. The van der Waals surface area contributed by atoms with E-state index in [-0.39, 0.29) is 0 Å². The fourth-order valence-corrected chi connectivity index (χ4v) is 1.74. The first-order chi connectivity index (χ1) is 9.22. The molecular formula is C16H16N2O. The van der Waals surface area contributed by atoms with Gasteiger partial charge >= 0.3 is 0 Å². The van der Waals surface area contributed by atoms with Gasteiger partial charge in [0, 0.05) is 0 Å². The fourth-order valence-electron chi connectivity index (χ4n) is 1.74. The number of pyridine rings is 1. The molecule has 1 atom stereocenters. The molecule has 0 N–H and O–H groups in total. The van der Waals surface area contributed by atoms with Crippen LogP contribution in [0.15, 0.2) is 42.6 Å². The summed E-state index contributed by atoms with van der Waals surface area (Å²) in [6.45, 7) is 4.39. The third kappa shape index (κ3) is 3.32. The Kier molecular flexibility index (Phi) is 4.15. The third-order valence-corrected chi connectivity index (χ3v) is 3.15. The fraction of sp³-hybridized carbons (Fsp3) is 0.250. The topological polar surface area (TPSA) is 45.9 Å². The van der Waals surface area contributed by atoms with Crippen LogP contribution >= 0.6 is 0 Å². The predicted octanol–water partition coefficient (Wildman–Crippen LogP) is 4.26. The Morgan fingerprint density at radius 3 is 2.37 bits per heavy atom. The van der Waals surface area contributed by atoms with Gasteiger partial charge in [-0.2, -0.15) is 5.26 Å². The smallest absolute Gasteiger partial charge is 0.145 e. The molecule has 1 unspecified atom stereocenters. The largest absolute Gasteiger partial charge is 0.456 e. The van der Waals surface area contributed by atoms with Crippen molar-refractivity contribution in [2.45, 2.75) is 26.2 Å². The molecule has 0 amide bonds. The van der Waals surface area contributed by atoms with Gasteiger partial charge in [0.25, 0.3) is 0 Å². The molecule has 0 bridgehead atoms. The second-order valence-corrected chi connectivity index (χ2v) is 4.47. The summed E-state index contributed by atoms with van der Waals surface area (Å²) in [5.41, 5.74) is 1.70. The Morgan fingerprint density at radius 2 is 1.84 bits per heavy atom. The third-order valence-electron chi connectivity index (χ3n) is 3.15. The summed E-state index contributed by atoms with van der Waals surface area (Å²) in [6, 6.07) is 13.4. The average molecular weight is 252 g/mol. The van der Waals surface area contributed by atoms with E-state index < -0.39 is 0 Å². The van der Waals surface area contributed by atoms with Gasteiger partial charge in [-0.3, -0.25) is 0 Å². The van der Waals surface area contributed by atoms with Crippen LogP contribution in [0.1, 0.15) is 37.4 Å². The van der Waals surface area contributed by atoms with Gasteiger partial charge in [-0.05, 0) is 42.2 Å². The van der Waals surface area contributed by atoms with Crippen molar-refractivity contribution in [1.82, 2.24) is 4.98 Å². The lowest BCUT2D eigenvalue weighted by molar-refractivity contribution is 0.479. The molecule has 0 aliphatic carbocycles. The molecule has 19 heavy (non-hydrogen) atoms. The molecule has 96 valence electrons. The zero-order chi connectivity index (χ0) is 13.7. The Hall–Kier alpha value is -2.34. The SMILES string of the molecule is CCC(C)c1ccc(Oc2ccc(C#N)nc2)cc1. The van der Waals surface area contributed by atoms with E-state index in [4.69, 9.17) is 10.00 Å². The van der Waals surface area contributed by atoms with Crippen LogP contribution in [0.3, 0.4) is 0 Å². The summed E-state index contributed by atoms with van der Waals surface area (Å²) in [4.78, 5) is 3.97. The zero-order valence-corrected chi connectivity index (χ0v) is 11.1. The lowest BCUT2D eigenvalue weighted by Crippen LogP contribution is -1.91. The first kappa shape index (κ1) is 13.1. The van der Waals surface area contributed by atoms with Crippen LogP contribution in [-0.2, 0) is 0 Å². The quantitative estimate of drug-likeness (QED) is 0.816. The second kappa shape index (κ2) is 6.01. The number of hydrogen-bond donors (Lipinski definition) is 0. The monoisotopic (exact) mass is 252 g/mol. The van der Waals surface area contributed by atoms with Crippen LogP contribution in [0.25, 0.3) is 0 Å². The lowest BCUT2D eigenvalue weighted by Gasteiger charge is -2.10. The lowest BCUT2D eigenvalue weighted by atomic mass is 9.99. The highest BCUT2D eigenvalue weighted by Crippen LogP contribution is 2.24. The molecule has 2 aromatic rings. The van der Waals surface area contributed by atoms with E-state index in [1.54, 1.807) is 18.3 Å². The molecule has 0 radical (unpaired) electrons. The molecule has 0 saturated carbocycles. The van der Waals surface area contributed by atoms with Crippen molar-refractivity contribution in [3.8, 4) is 17.6 Å². The molecule has 0 saturated heterocycles. The zero-order valence-electron chi connectivity index (χ0n) is 11.1. The Balaban J connectivity index is 2.08. The number of hydrogen-bond acceptors (Lipinski definition) is 3. The van der Waals surface area contributed by atoms with Gasteiger partial charge in [-0.15, -0.1) is 0 Å². The number of nitriles is 1. The van der Waals surface area contributed by atoms with Crippen molar-refractivity contribution in [3.05, 3.63) is 53.9 Å². The highest BCUT2D eigenvalue weighted by Gasteiger charge is 2.03. The van der Waals surface area contributed by atoms with E-state index in [0.717, 1.165) is 12.2 Å². The van der Waals surface area contributed by atoms with Crippen LogP contribution in [0.5, 0.6) is 11.5 Å². The number of benzene rings is 1. The van der Waals surface area contributed by atoms with Crippen LogP contribution < -0.4 is 4.74 Å². The maximum atomic E-state index is 8.67. The standard InChI is InChI=1S/C16H16N2O/c1-3-12(2)13-4-7-15(8-5-13)19-16-9-6-14(10-17)18-11-16/h4-9,11-12H,3H2,1-2H3. The number of rotatable bonds is 4. The van der Waals surface area contributed by atoms with Gasteiger partial charge in [-0.25, -0.2) is 4.98 Å². The van der Waals surface area contributed by atoms with Gasteiger partial charge < -0.3 is 4.74 Å². The van der Waals surface area contributed by atoms with Crippen LogP contribution in [-0.4, -0.2) is 4.98 Å². The van der Waals surface area contributed by atoms with E-state index in [0.29, 0.717) is 17.4 Å². The molecule has 0 aliphatic heterocycles. The minimum atomic E-state index is 0.388. The van der Waals surface area contributed by atoms with E-state index >= 15 is 0 Å². The van der Waals surface area contributed by atoms with Crippen molar-refractivity contribution in [3.63, 3.8) is 0 Å². The van der Waals surface area contributed by atoms with Crippen molar-refractivity contribution in [2.24, 2.45) is 0 Å². The molecule has 1 heterocycles. The molecule has 0 aliphatic rings. The van der Waals surface area contributed by atoms with Crippen LogP contribution in [0.4, 0.5) is 0 Å². The first-order valence-electron chi connectivity index (χ1n) is 6.37. The molecule has 3 heteroatoms. The molecule has 0 fully saturated rings. The maximum Gasteiger partial charge on any atom is 0.145 e. The number of nitrogens with zero attached hydrogens (tertiary/aromatic N) is 2. The molecule has 3 nitrogen and oxygen atoms in total. The molecular weight excluding hydrogens is 236 g/mol. The van der Waals surface area contributed by atoms with Gasteiger partial charge in [0.2, 0.25) is 0 Å². The summed E-state index contributed by atoms with van der Waals surface area (Å²) in [7, 11) is 0. The van der Waals surface area contributed by atoms with Crippen molar-refractivity contribution >= 4 is 0 Å². The van der Waals surface area contributed by atoms with Gasteiger partial charge in [0.15, 0.2) is 0 Å².